The number of furan rings is 1. The van der Waals surface area contributed by atoms with Gasteiger partial charge in [-0.1, -0.05) is 140 Å². The minimum Gasteiger partial charge on any atom is -0.460 e. The maximum absolute atomic E-state index is 6.54. The lowest BCUT2D eigenvalue weighted by Crippen LogP contribution is -2.11. The number of benzene rings is 7. The number of fused-ring (bicyclic) bond motifs is 10. The van der Waals surface area contributed by atoms with Crippen molar-refractivity contribution >= 4 is 60.7 Å². The standard InChI is InChI=1S/C51H33N5O/c1-3-15-32(16-4-1)49-52-50(54-51(53-49)42-25-14-24-41-38-23-9-12-28-45(38)57-48(41)42)33-17-13-20-35(31-33)56-44-27-11-8-22-37(44)40-30-29-39-36-21-7-10-26-43(36)55(46(39)47(40)56)34-18-5-2-6-19-34/h1-24,26-31,42H,25H2. The van der Waals surface area contributed by atoms with Crippen LogP contribution in [-0.2, 0) is 0 Å². The Morgan fingerprint density at radius 3 is 1.75 bits per heavy atom. The third-order valence-corrected chi connectivity index (χ3v) is 11.5. The molecule has 6 nitrogen and oxygen atoms in total. The number of rotatable bonds is 5. The summed E-state index contributed by atoms with van der Waals surface area (Å²) in [5.41, 5.74) is 10.6. The second kappa shape index (κ2) is 12.5. The van der Waals surface area contributed by atoms with E-state index in [1.165, 1.54) is 32.6 Å². The fraction of sp³-hybridized carbons (Fsp3) is 0.0392. The van der Waals surface area contributed by atoms with Crippen molar-refractivity contribution in [3.63, 3.8) is 0 Å². The first-order valence-electron chi connectivity index (χ1n) is 19.4. The lowest BCUT2D eigenvalue weighted by molar-refractivity contribution is 0.506. The Hall–Kier alpha value is -7.57. The van der Waals surface area contributed by atoms with E-state index in [1.54, 1.807) is 0 Å². The number of para-hydroxylation sites is 4. The Kier molecular flexibility index (Phi) is 6.95. The van der Waals surface area contributed by atoms with Crippen molar-refractivity contribution in [2.75, 3.05) is 0 Å². The number of nitrogens with zero attached hydrogens (tertiary/aromatic N) is 5. The smallest absolute Gasteiger partial charge is 0.163 e. The van der Waals surface area contributed by atoms with Gasteiger partial charge in [0.05, 0.1) is 28.0 Å². The first kappa shape index (κ1) is 31.7. The molecule has 11 aromatic rings. The van der Waals surface area contributed by atoms with Gasteiger partial charge in [-0.2, -0.15) is 0 Å². The SMILES string of the molecule is C1=Cc2c(oc3ccccc23)C(c2nc(-c3ccccc3)nc(-c3cccc(-n4c5ccccc5c5ccc6c7ccccc7n(-c7ccccc7)c6c54)c3)n2)C1. The first-order valence-corrected chi connectivity index (χ1v) is 19.4. The van der Waals surface area contributed by atoms with E-state index in [0.717, 1.165) is 62.2 Å². The van der Waals surface area contributed by atoms with Gasteiger partial charge in [0.15, 0.2) is 11.6 Å². The molecule has 1 atom stereocenters. The molecule has 0 bridgehead atoms. The molecule has 57 heavy (non-hydrogen) atoms. The maximum Gasteiger partial charge on any atom is 0.163 e. The monoisotopic (exact) mass is 731 g/mol. The highest BCUT2D eigenvalue weighted by atomic mass is 16.3. The molecule has 1 aliphatic carbocycles. The second-order valence-corrected chi connectivity index (χ2v) is 14.7. The van der Waals surface area contributed by atoms with Gasteiger partial charge in [-0.15, -0.1) is 0 Å². The minimum atomic E-state index is -0.157. The van der Waals surface area contributed by atoms with Gasteiger partial charge in [-0.05, 0) is 48.9 Å². The van der Waals surface area contributed by atoms with Crippen molar-refractivity contribution < 1.29 is 4.42 Å². The zero-order valence-electron chi connectivity index (χ0n) is 30.7. The highest BCUT2D eigenvalue weighted by molar-refractivity contribution is 6.23. The van der Waals surface area contributed by atoms with E-state index in [2.05, 4.69) is 161 Å². The van der Waals surface area contributed by atoms with Gasteiger partial charge < -0.3 is 13.6 Å². The van der Waals surface area contributed by atoms with E-state index in [4.69, 9.17) is 19.4 Å². The predicted octanol–water partition coefficient (Wildman–Crippen LogP) is 12.7. The number of aromatic nitrogens is 5. The average molecular weight is 732 g/mol. The van der Waals surface area contributed by atoms with Crippen LogP contribution in [0.2, 0.25) is 0 Å². The molecule has 0 radical (unpaired) electrons. The van der Waals surface area contributed by atoms with Crippen LogP contribution in [0.5, 0.6) is 0 Å². The van der Waals surface area contributed by atoms with Crippen molar-refractivity contribution in [3.8, 4) is 34.2 Å². The van der Waals surface area contributed by atoms with Gasteiger partial charge in [0.2, 0.25) is 0 Å². The van der Waals surface area contributed by atoms with Crippen LogP contribution in [0.25, 0.3) is 94.8 Å². The average Bonchev–Trinajstić information content (AvgIpc) is 3.95. The molecular formula is C51H33N5O. The molecule has 4 heterocycles. The summed E-state index contributed by atoms with van der Waals surface area (Å²) in [6, 6.07) is 59.7. The molecule has 6 heteroatoms. The Bertz CT molecular complexity index is 3390. The molecule has 0 saturated carbocycles. The summed E-state index contributed by atoms with van der Waals surface area (Å²) in [6.45, 7) is 0. The molecule has 0 N–H and O–H groups in total. The summed E-state index contributed by atoms with van der Waals surface area (Å²) in [6.07, 6.45) is 5.11. The van der Waals surface area contributed by atoms with Crippen LogP contribution in [0, 0.1) is 0 Å². The molecule has 1 unspecified atom stereocenters. The molecule has 268 valence electrons. The fourth-order valence-electron chi connectivity index (χ4n) is 8.96. The zero-order chi connectivity index (χ0) is 37.5. The van der Waals surface area contributed by atoms with Crippen LogP contribution in [0.4, 0.5) is 0 Å². The fourth-order valence-corrected chi connectivity index (χ4v) is 8.96. The third kappa shape index (κ3) is 4.87. The molecule has 0 saturated heterocycles. The summed E-state index contributed by atoms with van der Waals surface area (Å²) >= 11 is 0. The second-order valence-electron chi connectivity index (χ2n) is 14.7. The minimum absolute atomic E-state index is 0.157. The van der Waals surface area contributed by atoms with Crippen LogP contribution >= 0.6 is 0 Å². The summed E-state index contributed by atoms with van der Waals surface area (Å²) in [4.78, 5) is 15.6. The van der Waals surface area contributed by atoms with E-state index in [9.17, 15) is 0 Å². The van der Waals surface area contributed by atoms with E-state index in [0.29, 0.717) is 17.5 Å². The molecule has 12 rings (SSSR count). The van der Waals surface area contributed by atoms with Gasteiger partial charge in [0, 0.05) is 55.0 Å². The van der Waals surface area contributed by atoms with Crippen molar-refractivity contribution in [1.82, 2.24) is 24.1 Å². The van der Waals surface area contributed by atoms with Crippen LogP contribution < -0.4 is 0 Å². The quantitative estimate of drug-likeness (QED) is 0.177. The van der Waals surface area contributed by atoms with E-state index in [1.807, 2.05) is 30.3 Å². The van der Waals surface area contributed by atoms with E-state index < -0.39 is 0 Å². The zero-order valence-corrected chi connectivity index (χ0v) is 30.7. The van der Waals surface area contributed by atoms with Crippen molar-refractivity contribution in [3.05, 3.63) is 193 Å². The molecule has 0 fully saturated rings. The highest BCUT2D eigenvalue weighted by Crippen LogP contribution is 2.43. The maximum atomic E-state index is 6.54. The summed E-state index contributed by atoms with van der Waals surface area (Å²) < 4.78 is 11.4. The number of hydrogen-bond acceptors (Lipinski definition) is 4. The number of hydrogen-bond donors (Lipinski definition) is 0. The van der Waals surface area contributed by atoms with Crippen LogP contribution in [0.1, 0.15) is 29.5 Å². The molecule has 7 aromatic carbocycles. The van der Waals surface area contributed by atoms with Crippen LogP contribution in [-0.4, -0.2) is 24.1 Å². The van der Waals surface area contributed by atoms with Gasteiger partial charge in [-0.3, -0.25) is 0 Å². The van der Waals surface area contributed by atoms with E-state index >= 15 is 0 Å². The Balaban J connectivity index is 1.10. The van der Waals surface area contributed by atoms with Gasteiger partial charge in [0.25, 0.3) is 0 Å². The van der Waals surface area contributed by atoms with Crippen molar-refractivity contribution in [1.29, 1.82) is 0 Å². The Morgan fingerprint density at radius 2 is 1.04 bits per heavy atom. The molecule has 0 amide bonds. The van der Waals surface area contributed by atoms with E-state index in [-0.39, 0.29) is 5.92 Å². The lowest BCUT2D eigenvalue weighted by Gasteiger charge is -2.18. The number of allylic oxidation sites excluding steroid dienone is 1. The topological polar surface area (TPSA) is 61.7 Å². The van der Waals surface area contributed by atoms with Crippen LogP contribution in [0.15, 0.2) is 180 Å². The first-order chi connectivity index (χ1) is 28.3. The molecule has 4 aromatic heterocycles. The molecular weight excluding hydrogens is 699 g/mol. The van der Waals surface area contributed by atoms with Gasteiger partial charge in [-0.25, -0.2) is 15.0 Å². The Labute approximate surface area is 327 Å². The Morgan fingerprint density at radius 1 is 0.474 bits per heavy atom. The third-order valence-electron chi connectivity index (χ3n) is 11.5. The normalized spacial score (nSPS) is 14.0. The summed E-state index contributed by atoms with van der Waals surface area (Å²) in [5, 5.41) is 5.93. The van der Waals surface area contributed by atoms with Crippen LogP contribution in [0.3, 0.4) is 0 Å². The lowest BCUT2D eigenvalue weighted by atomic mass is 9.91. The molecule has 1 aliphatic rings. The van der Waals surface area contributed by atoms with Gasteiger partial charge in [0.1, 0.15) is 17.2 Å². The molecule has 0 aliphatic heterocycles. The van der Waals surface area contributed by atoms with Crippen molar-refractivity contribution in [2.24, 2.45) is 0 Å². The highest BCUT2D eigenvalue weighted by Gasteiger charge is 2.29. The largest absolute Gasteiger partial charge is 0.460 e. The van der Waals surface area contributed by atoms with Crippen molar-refractivity contribution in [2.45, 2.75) is 12.3 Å². The summed E-state index contributed by atoms with van der Waals surface area (Å²) in [7, 11) is 0. The predicted molar refractivity (Wildman–Crippen MR) is 231 cm³/mol. The molecule has 0 spiro atoms. The summed E-state index contributed by atoms with van der Waals surface area (Å²) in [5.74, 6) is 2.69. The van der Waals surface area contributed by atoms with Gasteiger partial charge >= 0.3 is 0 Å².